The molecule has 0 spiro atoms. The Morgan fingerprint density at radius 3 is 2.72 bits per heavy atom. The van der Waals surface area contributed by atoms with Crippen LogP contribution in [0.2, 0.25) is 0 Å². The van der Waals surface area contributed by atoms with Gasteiger partial charge in [-0.05, 0) is 63.8 Å². The predicted molar refractivity (Wildman–Crippen MR) is 81.6 cm³/mol. The lowest BCUT2D eigenvalue weighted by atomic mass is 10.1. The van der Waals surface area contributed by atoms with Crippen molar-refractivity contribution in [2.45, 2.75) is 46.6 Å². The summed E-state index contributed by atoms with van der Waals surface area (Å²) in [6, 6.07) is 0. The molecule has 0 saturated heterocycles. The van der Waals surface area contributed by atoms with Gasteiger partial charge in [0.15, 0.2) is 0 Å². The van der Waals surface area contributed by atoms with Crippen LogP contribution in [-0.4, -0.2) is 34.9 Å². The fourth-order valence-electron chi connectivity index (χ4n) is 2.19. The Morgan fingerprint density at radius 1 is 1.28 bits per heavy atom. The van der Waals surface area contributed by atoms with E-state index < -0.39 is 0 Å². The third-order valence-electron chi connectivity index (χ3n) is 3.23. The van der Waals surface area contributed by atoms with Crippen molar-refractivity contribution in [3.05, 3.63) is 17.0 Å². The lowest BCUT2D eigenvalue weighted by Crippen LogP contribution is -2.18. The van der Waals surface area contributed by atoms with Gasteiger partial charge in [-0.3, -0.25) is 4.68 Å². The van der Waals surface area contributed by atoms with Crippen molar-refractivity contribution in [3.63, 3.8) is 0 Å². The van der Waals surface area contributed by atoms with Crippen LogP contribution in [0.4, 0.5) is 0 Å². The monoisotopic (exact) mass is 269 g/mol. The van der Waals surface area contributed by atoms with E-state index in [1.807, 2.05) is 11.8 Å². The van der Waals surface area contributed by atoms with E-state index in [-0.39, 0.29) is 0 Å². The van der Waals surface area contributed by atoms with Crippen molar-refractivity contribution in [3.8, 4) is 0 Å². The first-order valence-corrected chi connectivity index (χ1v) is 8.32. The van der Waals surface area contributed by atoms with Gasteiger partial charge in [0.1, 0.15) is 0 Å². The van der Waals surface area contributed by atoms with E-state index in [9.17, 15) is 0 Å². The quantitative estimate of drug-likeness (QED) is 0.699. The molecule has 3 nitrogen and oxygen atoms in total. The zero-order valence-corrected chi connectivity index (χ0v) is 13.1. The Balaban J connectivity index is 2.51. The summed E-state index contributed by atoms with van der Waals surface area (Å²) < 4.78 is 2.18. The molecule has 0 aliphatic heterocycles. The van der Waals surface area contributed by atoms with Crippen molar-refractivity contribution in [1.29, 1.82) is 0 Å². The molecule has 0 bridgehead atoms. The van der Waals surface area contributed by atoms with E-state index >= 15 is 0 Å². The lowest BCUT2D eigenvalue weighted by molar-refractivity contribution is 0.585. The molecular weight excluding hydrogens is 242 g/mol. The minimum atomic E-state index is 1.05. The molecule has 18 heavy (non-hydrogen) atoms. The van der Waals surface area contributed by atoms with Crippen LogP contribution < -0.4 is 5.32 Å². The van der Waals surface area contributed by atoms with Crippen molar-refractivity contribution < 1.29 is 0 Å². The average molecular weight is 269 g/mol. The molecule has 0 amide bonds. The van der Waals surface area contributed by atoms with Gasteiger partial charge in [0, 0.05) is 12.2 Å². The number of nitrogens with one attached hydrogen (secondary N) is 1. The minimum absolute atomic E-state index is 1.05. The molecule has 0 atom stereocenters. The first kappa shape index (κ1) is 15.6. The fourth-order valence-corrected chi connectivity index (χ4v) is 2.61. The highest BCUT2D eigenvalue weighted by Crippen LogP contribution is 2.14. The molecule has 1 heterocycles. The predicted octanol–water partition coefficient (Wildman–Crippen LogP) is 2.80. The van der Waals surface area contributed by atoms with E-state index in [1.54, 1.807) is 0 Å². The maximum absolute atomic E-state index is 4.66. The molecule has 1 N–H and O–H groups in total. The maximum atomic E-state index is 4.66. The van der Waals surface area contributed by atoms with Gasteiger partial charge in [-0.25, -0.2) is 0 Å². The molecule has 0 aliphatic carbocycles. The van der Waals surface area contributed by atoms with Crippen LogP contribution in [0.25, 0.3) is 0 Å². The van der Waals surface area contributed by atoms with Crippen molar-refractivity contribution in [2.24, 2.45) is 0 Å². The Labute approximate surface area is 116 Å². The molecule has 0 unspecified atom stereocenters. The highest BCUT2D eigenvalue weighted by Gasteiger charge is 2.10. The second-order valence-electron chi connectivity index (χ2n) is 4.72. The molecule has 0 radical (unpaired) electrons. The maximum Gasteiger partial charge on any atom is 0.0628 e. The van der Waals surface area contributed by atoms with E-state index in [0.717, 1.165) is 26.1 Å². The van der Waals surface area contributed by atoms with Gasteiger partial charge in [0.25, 0.3) is 0 Å². The summed E-state index contributed by atoms with van der Waals surface area (Å²) in [7, 11) is 0. The first-order chi connectivity index (χ1) is 8.70. The van der Waals surface area contributed by atoms with Crippen LogP contribution >= 0.6 is 11.8 Å². The van der Waals surface area contributed by atoms with Crippen molar-refractivity contribution in [2.75, 3.05) is 25.1 Å². The summed E-state index contributed by atoms with van der Waals surface area (Å²) in [5.74, 6) is 1.21. The number of aryl methyl sites for hydroxylation is 2. The van der Waals surface area contributed by atoms with Crippen molar-refractivity contribution >= 4 is 11.8 Å². The molecule has 0 saturated carbocycles. The number of nitrogens with zero attached hydrogens (tertiary/aromatic N) is 2. The number of rotatable bonds is 9. The largest absolute Gasteiger partial charge is 0.316 e. The number of hydrogen-bond acceptors (Lipinski definition) is 3. The van der Waals surface area contributed by atoms with Gasteiger partial charge >= 0.3 is 0 Å². The number of hydrogen-bond donors (Lipinski definition) is 1. The Morgan fingerprint density at radius 2 is 2.06 bits per heavy atom. The summed E-state index contributed by atoms with van der Waals surface area (Å²) in [6.45, 7) is 9.76. The highest BCUT2D eigenvalue weighted by molar-refractivity contribution is 7.98. The van der Waals surface area contributed by atoms with Crippen LogP contribution in [-0.2, 0) is 13.0 Å². The van der Waals surface area contributed by atoms with Gasteiger partial charge in [-0.2, -0.15) is 16.9 Å². The van der Waals surface area contributed by atoms with Crippen LogP contribution in [0.5, 0.6) is 0 Å². The third kappa shape index (κ3) is 4.65. The minimum Gasteiger partial charge on any atom is -0.316 e. The van der Waals surface area contributed by atoms with Gasteiger partial charge in [-0.15, -0.1) is 0 Å². The Bertz CT molecular complexity index is 347. The van der Waals surface area contributed by atoms with Gasteiger partial charge < -0.3 is 5.32 Å². The van der Waals surface area contributed by atoms with Crippen LogP contribution in [0.1, 0.15) is 36.7 Å². The summed E-state index contributed by atoms with van der Waals surface area (Å²) >= 11 is 1.91. The normalized spacial score (nSPS) is 11.1. The molecule has 1 aromatic heterocycles. The molecule has 0 aliphatic rings. The van der Waals surface area contributed by atoms with Gasteiger partial charge in [-0.1, -0.05) is 6.92 Å². The highest BCUT2D eigenvalue weighted by atomic mass is 32.2. The molecule has 104 valence electrons. The van der Waals surface area contributed by atoms with Gasteiger partial charge in [0.05, 0.1) is 5.69 Å². The smallest absolute Gasteiger partial charge is 0.0628 e. The van der Waals surface area contributed by atoms with E-state index in [4.69, 9.17) is 0 Å². The van der Waals surface area contributed by atoms with Crippen LogP contribution in [0.15, 0.2) is 0 Å². The Kier molecular flexibility index (Phi) is 7.44. The van der Waals surface area contributed by atoms with Crippen molar-refractivity contribution in [1.82, 2.24) is 15.1 Å². The molecule has 1 aromatic rings. The molecule has 4 heteroatoms. The second kappa shape index (κ2) is 8.59. The summed E-state index contributed by atoms with van der Waals surface area (Å²) in [6.07, 6.45) is 5.66. The standard InChI is InChI=1S/C14H27N3S/c1-5-8-15-9-7-14-12(2)16-17(13(14)3)10-6-11-18-4/h15H,5-11H2,1-4H3. The van der Waals surface area contributed by atoms with E-state index in [2.05, 4.69) is 42.1 Å². The molecular formula is C14H27N3S. The lowest BCUT2D eigenvalue weighted by Gasteiger charge is -2.06. The summed E-state index contributed by atoms with van der Waals surface area (Å²) in [5, 5.41) is 8.12. The SMILES string of the molecule is CCCNCCc1c(C)nn(CCCSC)c1C. The zero-order valence-electron chi connectivity index (χ0n) is 12.3. The second-order valence-corrected chi connectivity index (χ2v) is 5.70. The van der Waals surface area contributed by atoms with Gasteiger partial charge in [0.2, 0.25) is 0 Å². The van der Waals surface area contributed by atoms with E-state index in [1.165, 1.54) is 35.5 Å². The number of aromatic nitrogens is 2. The molecule has 0 fully saturated rings. The topological polar surface area (TPSA) is 29.9 Å². The fraction of sp³-hybridized carbons (Fsp3) is 0.786. The Hall–Kier alpha value is -0.480. The third-order valence-corrected chi connectivity index (χ3v) is 3.93. The first-order valence-electron chi connectivity index (χ1n) is 6.93. The number of thioether (sulfide) groups is 1. The summed E-state index contributed by atoms with van der Waals surface area (Å²) in [4.78, 5) is 0. The van der Waals surface area contributed by atoms with Crippen LogP contribution in [0.3, 0.4) is 0 Å². The zero-order chi connectivity index (χ0) is 13.4. The molecule has 1 rings (SSSR count). The summed E-state index contributed by atoms with van der Waals surface area (Å²) in [5.41, 5.74) is 3.99. The average Bonchev–Trinajstić information content (AvgIpc) is 2.62. The molecule has 0 aromatic carbocycles. The van der Waals surface area contributed by atoms with Crippen LogP contribution in [0, 0.1) is 13.8 Å². The van der Waals surface area contributed by atoms with E-state index in [0.29, 0.717) is 0 Å².